The molecule has 0 bridgehead atoms. The van der Waals surface area contributed by atoms with Gasteiger partial charge in [0.2, 0.25) is 0 Å². The van der Waals surface area contributed by atoms with E-state index in [1.165, 1.54) is 4.90 Å². The van der Waals surface area contributed by atoms with E-state index in [0.29, 0.717) is 13.2 Å². The SMILES string of the molecule is CCOC(=O)CCN(C)CC(F)F. The summed E-state index contributed by atoms with van der Waals surface area (Å²) in [5.74, 6) is -0.344. The first-order chi connectivity index (χ1) is 6.06. The van der Waals surface area contributed by atoms with Crippen molar-refractivity contribution in [3.05, 3.63) is 0 Å². The van der Waals surface area contributed by atoms with Crippen LogP contribution in [0.2, 0.25) is 0 Å². The molecule has 0 aromatic carbocycles. The van der Waals surface area contributed by atoms with E-state index < -0.39 is 6.43 Å². The van der Waals surface area contributed by atoms with Crippen molar-refractivity contribution in [3.8, 4) is 0 Å². The van der Waals surface area contributed by atoms with Crippen molar-refractivity contribution in [2.45, 2.75) is 19.8 Å². The van der Waals surface area contributed by atoms with Crippen LogP contribution >= 0.6 is 0 Å². The molecule has 0 spiro atoms. The van der Waals surface area contributed by atoms with Crippen molar-refractivity contribution in [2.75, 3.05) is 26.7 Å². The van der Waals surface area contributed by atoms with Crippen LogP contribution in [0, 0.1) is 0 Å². The molecular formula is C8H15F2NO2. The highest BCUT2D eigenvalue weighted by molar-refractivity contribution is 5.69. The molecule has 0 fully saturated rings. The van der Waals surface area contributed by atoms with E-state index in [4.69, 9.17) is 0 Å². The van der Waals surface area contributed by atoms with E-state index in [-0.39, 0.29) is 18.9 Å². The Balaban J connectivity index is 3.45. The Morgan fingerprint density at radius 2 is 2.15 bits per heavy atom. The fraction of sp³-hybridized carbons (Fsp3) is 0.875. The topological polar surface area (TPSA) is 29.5 Å². The molecule has 0 saturated heterocycles. The van der Waals surface area contributed by atoms with Gasteiger partial charge < -0.3 is 9.64 Å². The van der Waals surface area contributed by atoms with Gasteiger partial charge in [-0.25, -0.2) is 8.78 Å². The number of alkyl halides is 2. The number of carbonyl (C=O) groups is 1. The zero-order valence-corrected chi connectivity index (χ0v) is 7.93. The average Bonchev–Trinajstić information content (AvgIpc) is 2.00. The molecule has 78 valence electrons. The molecule has 0 saturated carbocycles. The van der Waals surface area contributed by atoms with E-state index in [1.807, 2.05) is 0 Å². The van der Waals surface area contributed by atoms with E-state index in [9.17, 15) is 13.6 Å². The highest BCUT2D eigenvalue weighted by atomic mass is 19.3. The van der Waals surface area contributed by atoms with Crippen LogP contribution in [-0.4, -0.2) is 44.0 Å². The summed E-state index contributed by atoms with van der Waals surface area (Å²) in [7, 11) is 1.55. The molecule has 5 heteroatoms. The molecule has 3 nitrogen and oxygen atoms in total. The Kier molecular flexibility index (Phi) is 6.40. The zero-order chi connectivity index (χ0) is 10.3. The minimum absolute atomic E-state index is 0.164. The Labute approximate surface area is 76.7 Å². The number of ether oxygens (including phenoxy) is 1. The summed E-state index contributed by atoms with van der Waals surface area (Å²) < 4.78 is 28.2. The standard InChI is InChI=1S/C8H15F2NO2/c1-3-13-8(12)4-5-11(2)6-7(9)10/h7H,3-6H2,1-2H3. The van der Waals surface area contributed by atoms with Crippen molar-refractivity contribution >= 4 is 5.97 Å². The molecule has 0 aliphatic rings. The van der Waals surface area contributed by atoms with Gasteiger partial charge in [-0.2, -0.15) is 0 Å². The lowest BCUT2D eigenvalue weighted by Gasteiger charge is -2.14. The van der Waals surface area contributed by atoms with Gasteiger partial charge in [0.25, 0.3) is 6.43 Å². The summed E-state index contributed by atoms with van der Waals surface area (Å²) in [6.45, 7) is 2.04. The first-order valence-corrected chi connectivity index (χ1v) is 4.18. The van der Waals surface area contributed by atoms with E-state index in [1.54, 1.807) is 14.0 Å². The second kappa shape index (κ2) is 6.77. The maximum Gasteiger partial charge on any atom is 0.307 e. The van der Waals surface area contributed by atoms with Gasteiger partial charge in [0.1, 0.15) is 0 Å². The van der Waals surface area contributed by atoms with Crippen molar-refractivity contribution in [1.82, 2.24) is 4.90 Å². The molecule has 13 heavy (non-hydrogen) atoms. The number of esters is 1. The summed E-state index contributed by atoms with van der Waals surface area (Å²) in [5.41, 5.74) is 0. The third kappa shape index (κ3) is 7.64. The number of halogens is 2. The minimum atomic E-state index is -2.35. The monoisotopic (exact) mass is 195 g/mol. The van der Waals surface area contributed by atoms with E-state index >= 15 is 0 Å². The van der Waals surface area contributed by atoms with Crippen LogP contribution in [-0.2, 0) is 9.53 Å². The van der Waals surface area contributed by atoms with Gasteiger partial charge >= 0.3 is 5.97 Å². The normalized spacial score (nSPS) is 10.9. The predicted molar refractivity (Wildman–Crippen MR) is 44.8 cm³/mol. The van der Waals surface area contributed by atoms with Crippen molar-refractivity contribution in [2.24, 2.45) is 0 Å². The molecular weight excluding hydrogens is 180 g/mol. The van der Waals surface area contributed by atoms with Crippen LogP contribution < -0.4 is 0 Å². The van der Waals surface area contributed by atoms with Gasteiger partial charge in [-0.1, -0.05) is 0 Å². The molecule has 0 aliphatic heterocycles. The third-order valence-corrected chi connectivity index (χ3v) is 1.45. The first-order valence-electron chi connectivity index (χ1n) is 4.18. The van der Waals surface area contributed by atoms with Crippen LogP contribution in [0.5, 0.6) is 0 Å². The third-order valence-electron chi connectivity index (χ3n) is 1.45. The lowest BCUT2D eigenvalue weighted by molar-refractivity contribution is -0.143. The summed E-state index contributed by atoms with van der Waals surface area (Å²) >= 11 is 0. The number of hydrogen-bond donors (Lipinski definition) is 0. The molecule has 0 amide bonds. The fourth-order valence-electron chi connectivity index (χ4n) is 0.842. The van der Waals surface area contributed by atoms with Gasteiger partial charge in [0.15, 0.2) is 0 Å². The van der Waals surface area contributed by atoms with Crippen molar-refractivity contribution in [3.63, 3.8) is 0 Å². The summed E-state index contributed by atoms with van der Waals surface area (Å²) in [5, 5.41) is 0. The minimum Gasteiger partial charge on any atom is -0.466 e. The molecule has 0 rings (SSSR count). The van der Waals surface area contributed by atoms with Gasteiger partial charge in [-0.3, -0.25) is 4.79 Å². The highest BCUT2D eigenvalue weighted by Gasteiger charge is 2.09. The van der Waals surface area contributed by atoms with Crippen LogP contribution in [0.4, 0.5) is 8.78 Å². The van der Waals surface area contributed by atoms with Gasteiger partial charge in [0, 0.05) is 6.54 Å². The molecule has 0 aromatic heterocycles. The quantitative estimate of drug-likeness (QED) is 0.595. The molecule has 0 heterocycles. The molecule has 0 unspecified atom stereocenters. The number of hydrogen-bond acceptors (Lipinski definition) is 3. The second-order valence-corrected chi connectivity index (χ2v) is 2.71. The van der Waals surface area contributed by atoms with Crippen LogP contribution in [0.15, 0.2) is 0 Å². The van der Waals surface area contributed by atoms with E-state index in [2.05, 4.69) is 4.74 Å². The highest BCUT2D eigenvalue weighted by Crippen LogP contribution is 1.97. The van der Waals surface area contributed by atoms with Crippen LogP contribution in [0.1, 0.15) is 13.3 Å². The Morgan fingerprint density at radius 3 is 2.62 bits per heavy atom. The summed E-state index contributed by atoms with van der Waals surface area (Å²) in [6.07, 6.45) is -2.19. The van der Waals surface area contributed by atoms with Crippen LogP contribution in [0.3, 0.4) is 0 Å². The lowest BCUT2D eigenvalue weighted by Crippen LogP contribution is -2.27. The molecule has 0 atom stereocenters. The fourth-order valence-corrected chi connectivity index (χ4v) is 0.842. The number of carbonyl (C=O) groups excluding carboxylic acids is 1. The smallest absolute Gasteiger partial charge is 0.307 e. The van der Waals surface area contributed by atoms with Crippen LogP contribution in [0.25, 0.3) is 0 Å². The zero-order valence-electron chi connectivity index (χ0n) is 7.93. The number of rotatable bonds is 6. The Morgan fingerprint density at radius 1 is 1.54 bits per heavy atom. The number of nitrogens with zero attached hydrogens (tertiary/aromatic N) is 1. The summed E-state index contributed by atoms with van der Waals surface area (Å²) in [6, 6.07) is 0. The van der Waals surface area contributed by atoms with Gasteiger partial charge in [0.05, 0.1) is 19.6 Å². The average molecular weight is 195 g/mol. The molecule has 0 radical (unpaired) electrons. The second-order valence-electron chi connectivity index (χ2n) is 2.71. The van der Waals surface area contributed by atoms with Gasteiger partial charge in [-0.15, -0.1) is 0 Å². The van der Waals surface area contributed by atoms with Gasteiger partial charge in [-0.05, 0) is 14.0 Å². The largest absolute Gasteiger partial charge is 0.466 e. The summed E-state index contributed by atoms with van der Waals surface area (Å²) in [4.78, 5) is 12.2. The van der Waals surface area contributed by atoms with Crippen molar-refractivity contribution in [1.29, 1.82) is 0 Å². The maximum atomic E-state index is 11.8. The molecule has 0 aliphatic carbocycles. The Hall–Kier alpha value is -0.710. The molecule has 0 aromatic rings. The first kappa shape index (κ1) is 12.3. The lowest BCUT2D eigenvalue weighted by atomic mass is 10.4. The Bertz CT molecular complexity index is 153. The van der Waals surface area contributed by atoms with E-state index in [0.717, 1.165) is 0 Å². The molecule has 0 N–H and O–H groups in total. The predicted octanol–water partition coefficient (Wildman–Crippen LogP) is 1.14. The maximum absolute atomic E-state index is 11.8. The van der Waals surface area contributed by atoms with Crippen molar-refractivity contribution < 1.29 is 18.3 Å².